The molecular formula is C6H12INS. The molecule has 0 spiro atoms. The number of halogens is 1. The molecule has 0 aliphatic carbocycles. The van der Waals surface area contributed by atoms with Crippen LogP contribution in [0, 0.1) is 0 Å². The first-order chi connectivity index (χ1) is 3.72. The van der Waals surface area contributed by atoms with Crippen molar-refractivity contribution in [3.63, 3.8) is 0 Å². The molecule has 0 atom stereocenters. The van der Waals surface area contributed by atoms with Crippen molar-refractivity contribution < 1.29 is 0 Å². The first kappa shape index (κ1) is 9.62. The highest BCUT2D eigenvalue weighted by Gasteiger charge is 2.10. The molecule has 9 heavy (non-hydrogen) atoms. The van der Waals surface area contributed by atoms with E-state index in [4.69, 9.17) is 0 Å². The van der Waals surface area contributed by atoms with Crippen molar-refractivity contribution in [3.8, 4) is 0 Å². The lowest BCUT2D eigenvalue weighted by Gasteiger charge is -2.09. The van der Waals surface area contributed by atoms with Gasteiger partial charge in [-0.3, -0.25) is 0 Å². The topological polar surface area (TPSA) is 3.24 Å². The van der Waals surface area contributed by atoms with E-state index in [1.165, 1.54) is 10.6 Å². The summed E-state index contributed by atoms with van der Waals surface area (Å²) < 4.78 is 0. The van der Waals surface area contributed by atoms with E-state index in [2.05, 4.69) is 25.8 Å². The fourth-order valence-electron chi connectivity index (χ4n) is 0.664. The van der Waals surface area contributed by atoms with Crippen LogP contribution in [0.5, 0.6) is 0 Å². The zero-order valence-corrected chi connectivity index (χ0v) is 9.12. The number of rotatable bonds is 0. The molecule has 0 amide bonds. The molecular weight excluding hydrogens is 245 g/mol. The Morgan fingerprint density at radius 3 is 2.11 bits per heavy atom. The first-order valence-electron chi connectivity index (χ1n) is 2.73. The molecule has 1 rings (SSSR count). The molecule has 0 saturated carbocycles. The summed E-state index contributed by atoms with van der Waals surface area (Å²) in [5.41, 5.74) is 1.43. The van der Waals surface area contributed by atoms with E-state index in [9.17, 15) is 0 Å². The second-order valence-corrected chi connectivity index (χ2v) is 3.27. The molecule has 3 heteroatoms. The van der Waals surface area contributed by atoms with Crippen LogP contribution in [0.25, 0.3) is 0 Å². The Labute approximate surface area is 77.9 Å². The van der Waals surface area contributed by atoms with Gasteiger partial charge in [0.2, 0.25) is 0 Å². The van der Waals surface area contributed by atoms with Crippen LogP contribution in [0.2, 0.25) is 0 Å². The standard InChI is InChI=1S/C6H11NS.HI/c1-5-6(2)8-4-7(5)3;/h4H2,1-3H3;1H. The van der Waals surface area contributed by atoms with Gasteiger partial charge in [0.25, 0.3) is 0 Å². The summed E-state index contributed by atoms with van der Waals surface area (Å²) in [5.74, 6) is 1.14. The third kappa shape index (κ3) is 2.04. The zero-order valence-electron chi connectivity index (χ0n) is 5.97. The van der Waals surface area contributed by atoms with Crippen LogP contribution in [0.1, 0.15) is 13.8 Å². The molecule has 0 unspecified atom stereocenters. The fourth-order valence-corrected chi connectivity index (χ4v) is 1.61. The number of nitrogens with zero attached hydrogens (tertiary/aromatic N) is 1. The molecule has 0 aromatic carbocycles. The molecule has 0 fully saturated rings. The molecule has 0 N–H and O–H groups in total. The highest BCUT2D eigenvalue weighted by atomic mass is 127. The SMILES string of the molecule is CC1=C(C)N(C)CS1.I. The second kappa shape index (κ2) is 3.71. The summed E-state index contributed by atoms with van der Waals surface area (Å²) >= 11 is 1.92. The van der Waals surface area contributed by atoms with Gasteiger partial charge < -0.3 is 4.90 Å². The Morgan fingerprint density at radius 1 is 1.44 bits per heavy atom. The van der Waals surface area contributed by atoms with Crippen molar-refractivity contribution in [1.82, 2.24) is 4.90 Å². The fraction of sp³-hybridized carbons (Fsp3) is 0.667. The molecule has 1 heterocycles. The van der Waals surface area contributed by atoms with Gasteiger partial charge >= 0.3 is 0 Å². The minimum Gasteiger partial charge on any atom is -0.368 e. The van der Waals surface area contributed by atoms with E-state index in [0.717, 1.165) is 5.88 Å². The van der Waals surface area contributed by atoms with Crippen molar-refractivity contribution in [2.45, 2.75) is 13.8 Å². The summed E-state index contributed by atoms with van der Waals surface area (Å²) in [6.45, 7) is 4.33. The summed E-state index contributed by atoms with van der Waals surface area (Å²) in [6, 6.07) is 0. The van der Waals surface area contributed by atoms with Crippen molar-refractivity contribution in [2.24, 2.45) is 0 Å². The average Bonchev–Trinajstić information content (AvgIpc) is 1.98. The third-order valence-electron chi connectivity index (χ3n) is 1.56. The molecule has 0 bridgehead atoms. The zero-order chi connectivity index (χ0) is 6.15. The van der Waals surface area contributed by atoms with Gasteiger partial charge in [-0.15, -0.1) is 35.7 Å². The van der Waals surface area contributed by atoms with Gasteiger partial charge in [-0.2, -0.15) is 0 Å². The molecule has 1 aliphatic heterocycles. The highest BCUT2D eigenvalue weighted by Crippen LogP contribution is 2.28. The van der Waals surface area contributed by atoms with Crippen molar-refractivity contribution in [3.05, 3.63) is 10.6 Å². The summed E-state index contributed by atoms with van der Waals surface area (Å²) in [6.07, 6.45) is 0. The van der Waals surface area contributed by atoms with Gasteiger partial charge in [0.05, 0.1) is 5.88 Å². The minimum atomic E-state index is 0. The second-order valence-electron chi connectivity index (χ2n) is 2.11. The van der Waals surface area contributed by atoms with Crippen LogP contribution in [0.3, 0.4) is 0 Å². The molecule has 1 nitrogen and oxygen atoms in total. The maximum atomic E-state index is 2.26. The lowest BCUT2D eigenvalue weighted by atomic mass is 10.4. The Bertz CT molecular complexity index is 133. The van der Waals surface area contributed by atoms with Gasteiger partial charge in [-0.25, -0.2) is 0 Å². The normalized spacial score (nSPS) is 18.3. The van der Waals surface area contributed by atoms with E-state index in [1.807, 2.05) is 11.8 Å². The Balaban J connectivity index is 0.000000640. The maximum Gasteiger partial charge on any atom is 0.0677 e. The van der Waals surface area contributed by atoms with Crippen LogP contribution < -0.4 is 0 Å². The smallest absolute Gasteiger partial charge is 0.0677 e. The van der Waals surface area contributed by atoms with Crippen LogP contribution in [-0.4, -0.2) is 17.8 Å². The van der Waals surface area contributed by atoms with Crippen LogP contribution in [-0.2, 0) is 0 Å². The molecule has 0 aromatic rings. The van der Waals surface area contributed by atoms with E-state index in [-0.39, 0.29) is 24.0 Å². The van der Waals surface area contributed by atoms with Crippen LogP contribution in [0.4, 0.5) is 0 Å². The Hall–Kier alpha value is 0.620. The van der Waals surface area contributed by atoms with Crippen molar-refractivity contribution >= 4 is 35.7 Å². The average molecular weight is 257 g/mol. The van der Waals surface area contributed by atoms with E-state index in [1.54, 1.807) is 0 Å². The van der Waals surface area contributed by atoms with Crippen molar-refractivity contribution in [1.29, 1.82) is 0 Å². The predicted octanol–water partition coefficient (Wildman–Crippen LogP) is 2.49. The Kier molecular flexibility index (Phi) is 3.96. The van der Waals surface area contributed by atoms with E-state index >= 15 is 0 Å². The number of hydrogen-bond donors (Lipinski definition) is 0. The predicted molar refractivity (Wildman–Crippen MR) is 54.0 cm³/mol. The largest absolute Gasteiger partial charge is 0.368 e. The first-order valence-corrected chi connectivity index (χ1v) is 3.72. The van der Waals surface area contributed by atoms with Crippen molar-refractivity contribution in [2.75, 3.05) is 12.9 Å². The molecule has 1 aliphatic rings. The number of hydrogen-bond acceptors (Lipinski definition) is 2. The number of thioether (sulfide) groups is 1. The highest BCUT2D eigenvalue weighted by molar-refractivity contribution is 14.0. The van der Waals surface area contributed by atoms with Gasteiger partial charge in [0.15, 0.2) is 0 Å². The lowest BCUT2D eigenvalue weighted by Crippen LogP contribution is -2.09. The number of allylic oxidation sites excluding steroid dienone is 2. The van der Waals surface area contributed by atoms with Gasteiger partial charge in [-0.05, 0) is 13.8 Å². The maximum absolute atomic E-state index is 2.26. The summed E-state index contributed by atoms with van der Waals surface area (Å²) in [7, 11) is 2.12. The molecule has 0 saturated heterocycles. The minimum absolute atomic E-state index is 0. The summed E-state index contributed by atoms with van der Waals surface area (Å²) in [5, 5.41) is 0. The molecule has 54 valence electrons. The van der Waals surface area contributed by atoms with Gasteiger partial charge in [0, 0.05) is 17.6 Å². The van der Waals surface area contributed by atoms with Crippen LogP contribution in [0.15, 0.2) is 10.6 Å². The van der Waals surface area contributed by atoms with Crippen LogP contribution >= 0.6 is 35.7 Å². The van der Waals surface area contributed by atoms with Gasteiger partial charge in [-0.1, -0.05) is 0 Å². The lowest BCUT2D eigenvalue weighted by molar-refractivity contribution is 0.502. The molecule has 0 aromatic heterocycles. The molecule has 0 radical (unpaired) electrons. The Morgan fingerprint density at radius 2 is 2.00 bits per heavy atom. The third-order valence-corrected chi connectivity index (χ3v) is 2.80. The van der Waals surface area contributed by atoms with Gasteiger partial charge in [0.1, 0.15) is 0 Å². The quantitative estimate of drug-likeness (QED) is 0.613. The van der Waals surface area contributed by atoms with E-state index < -0.39 is 0 Å². The monoisotopic (exact) mass is 257 g/mol. The summed E-state index contributed by atoms with van der Waals surface area (Å²) in [4.78, 5) is 3.73. The van der Waals surface area contributed by atoms with E-state index in [0.29, 0.717) is 0 Å².